The Bertz CT molecular complexity index is 563. The van der Waals surface area contributed by atoms with Gasteiger partial charge >= 0.3 is 5.97 Å². The van der Waals surface area contributed by atoms with Gasteiger partial charge in [-0.15, -0.1) is 0 Å². The number of carboxylic acid groups (broad SMARTS) is 1. The molecular weight excluding hydrogens is 250 g/mol. The Morgan fingerprint density at radius 3 is 3.21 bits per heavy atom. The van der Waals surface area contributed by atoms with Crippen LogP contribution in [0.5, 0.6) is 0 Å². The maximum Gasteiger partial charge on any atom is 0.320 e. The van der Waals surface area contributed by atoms with Crippen LogP contribution in [0, 0.1) is 0 Å². The number of hydrogen-bond acceptors (Lipinski definition) is 6. The van der Waals surface area contributed by atoms with Crippen molar-refractivity contribution < 1.29 is 18.8 Å². The van der Waals surface area contributed by atoms with E-state index in [-0.39, 0.29) is 0 Å². The minimum atomic E-state index is -0.803. The minimum Gasteiger partial charge on any atom is -0.480 e. The van der Waals surface area contributed by atoms with Gasteiger partial charge in [0.2, 0.25) is 11.7 Å². The molecule has 100 valence electrons. The van der Waals surface area contributed by atoms with Crippen LogP contribution in [-0.2, 0) is 11.3 Å². The lowest BCUT2D eigenvalue weighted by atomic mass is 10.2. The van der Waals surface area contributed by atoms with Gasteiger partial charge in [-0.2, -0.15) is 4.98 Å². The van der Waals surface area contributed by atoms with Crippen molar-refractivity contribution >= 4 is 5.97 Å². The highest BCUT2D eigenvalue weighted by Crippen LogP contribution is 2.21. The number of aliphatic carboxylic acids is 1. The molecule has 1 atom stereocenters. The fourth-order valence-corrected chi connectivity index (χ4v) is 2.29. The summed E-state index contributed by atoms with van der Waals surface area (Å²) in [5.41, 5.74) is 0. The SMILES string of the molecule is O=C(O)[C@@H]1CCCN1Cc1nc(-c2ccco2)no1. The van der Waals surface area contributed by atoms with Crippen LogP contribution in [-0.4, -0.2) is 38.7 Å². The lowest BCUT2D eigenvalue weighted by molar-refractivity contribution is -0.142. The summed E-state index contributed by atoms with van der Waals surface area (Å²) in [4.78, 5) is 17.1. The molecule has 0 saturated carbocycles. The fourth-order valence-electron chi connectivity index (χ4n) is 2.29. The summed E-state index contributed by atoms with van der Waals surface area (Å²) in [7, 11) is 0. The second kappa shape index (κ2) is 4.85. The fraction of sp³-hybridized carbons (Fsp3) is 0.417. The molecule has 0 aromatic carbocycles. The Labute approximate surface area is 108 Å². The highest BCUT2D eigenvalue weighted by Gasteiger charge is 2.31. The van der Waals surface area contributed by atoms with E-state index in [0.717, 1.165) is 13.0 Å². The van der Waals surface area contributed by atoms with Crippen LogP contribution in [0.15, 0.2) is 27.3 Å². The van der Waals surface area contributed by atoms with Crippen LogP contribution in [0.1, 0.15) is 18.7 Å². The van der Waals surface area contributed by atoms with Crippen molar-refractivity contribution in [2.24, 2.45) is 0 Å². The number of likely N-dealkylation sites (tertiary alicyclic amines) is 1. The van der Waals surface area contributed by atoms with Crippen LogP contribution in [0.2, 0.25) is 0 Å². The van der Waals surface area contributed by atoms with E-state index in [9.17, 15) is 4.79 Å². The first-order valence-electron chi connectivity index (χ1n) is 6.07. The molecule has 0 bridgehead atoms. The predicted molar refractivity (Wildman–Crippen MR) is 63.1 cm³/mol. The normalized spacial score (nSPS) is 19.9. The van der Waals surface area contributed by atoms with E-state index in [0.29, 0.717) is 30.4 Å². The molecule has 19 heavy (non-hydrogen) atoms. The zero-order valence-electron chi connectivity index (χ0n) is 10.2. The summed E-state index contributed by atoms with van der Waals surface area (Å²) in [5.74, 6) is 0.514. The Hall–Kier alpha value is -2.15. The zero-order chi connectivity index (χ0) is 13.2. The molecule has 7 nitrogen and oxygen atoms in total. The number of aromatic nitrogens is 2. The highest BCUT2D eigenvalue weighted by atomic mass is 16.5. The standard InChI is InChI=1S/C12H13N3O4/c16-12(17)8-3-1-5-15(8)7-10-13-11(14-19-10)9-4-2-6-18-9/h2,4,6,8H,1,3,5,7H2,(H,16,17)/t8-/m0/s1. The van der Waals surface area contributed by atoms with Gasteiger partial charge in [-0.05, 0) is 31.5 Å². The molecule has 2 aromatic rings. The highest BCUT2D eigenvalue weighted by molar-refractivity contribution is 5.73. The lowest BCUT2D eigenvalue weighted by Gasteiger charge is -2.18. The van der Waals surface area contributed by atoms with E-state index < -0.39 is 12.0 Å². The van der Waals surface area contributed by atoms with Crippen molar-refractivity contribution in [3.8, 4) is 11.6 Å². The largest absolute Gasteiger partial charge is 0.480 e. The van der Waals surface area contributed by atoms with E-state index in [1.165, 1.54) is 6.26 Å². The van der Waals surface area contributed by atoms with Crippen LogP contribution >= 0.6 is 0 Å². The molecule has 0 spiro atoms. The minimum absolute atomic E-state index is 0.352. The third kappa shape index (κ3) is 2.37. The first-order chi connectivity index (χ1) is 9.24. The van der Waals surface area contributed by atoms with Gasteiger partial charge in [-0.1, -0.05) is 5.16 Å². The molecule has 0 radical (unpaired) electrons. The van der Waals surface area contributed by atoms with E-state index >= 15 is 0 Å². The summed E-state index contributed by atoms with van der Waals surface area (Å²) < 4.78 is 10.3. The average Bonchev–Trinajstić information content (AvgIpc) is 3.09. The Morgan fingerprint density at radius 1 is 1.58 bits per heavy atom. The van der Waals surface area contributed by atoms with Crippen LogP contribution in [0.3, 0.4) is 0 Å². The summed E-state index contributed by atoms with van der Waals surface area (Å²) in [6.45, 7) is 1.08. The van der Waals surface area contributed by atoms with Crippen molar-refractivity contribution in [3.63, 3.8) is 0 Å². The van der Waals surface area contributed by atoms with Crippen molar-refractivity contribution in [1.29, 1.82) is 0 Å². The number of carboxylic acids is 1. The number of nitrogens with zero attached hydrogens (tertiary/aromatic N) is 3. The maximum absolute atomic E-state index is 11.1. The Morgan fingerprint density at radius 2 is 2.47 bits per heavy atom. The quantitative estimate of drug-likeness (QED) is 0.890. The number of hydrogen-bond donors (Lipinski definition) is 1. The molecule has 0 unspecified atom stereocenters. The third-order valence-corrected chi connectivity index (χ3v) is 3.20. The van der Waals surface area contributed by atoms with Crippen LogP contribution < -0.4 is 0 Å². The van der Waals surface area contributed by atoms with Gasteiger partial charge in [0.25, 0.3) is 0 Å². The molecule has 7 heteroatoms. The zero-order valence-corrected chi connectivity index (χ0v) is 10.2. The second-order valence-corrected chi connectivity index (χ2v) is 4.46. The smallest absolute Gasteiger partial charge is 0.320 e. The molecule has 2 aromatic heterocycles. The number of furan rings is 1. The van der Waals surface area contributed by atoms with Gasteiger partial charge in [-0.25, -0.2) is 0 Å². The van der Waals surface area contributed by atoms with Crippen molar-refractivity contribution in [2.75, 3.05) is 6.54 Å². The van der Waals surface area contributed by atoms with Crippen molar-refractivity contribution in [2.45, 2.75) is 25.4 Å². The maximum atomic E-state index is 11.1. The lowest BCUT2D eigenvalue weighted by Crippen LogP contribution is -2.35. The molecule has 1 fully saturated rings. The molecule has 1 saturated heterocycles. The number of carbonyl (C=O) groups is 1. The predicted octanol–water partition coefficient (Wildman–Crippen LogP) is 1.38. The van der Waals surface area contributed by atoms with Gasteiger partial charge in [0, 0.05) is 0 Å². The molecule has 3 heterocycles. The van der Waals surface area contributed by atoms with Crippen molar-refractivity contribution in [1.82, 2.24) is 15.0 Å². The van der Waals surface area contributed by atoms with E-state index in [1.807, 2.05) is 4.90 Å². The first-order valence-corrected chi connectivity index (χ1v) is 6.07. The Kier molecular flexibility index (Phi) is 3.04. The molecule has 0 aliphatic carbocycles. The van der Waals surface area contributed by atoms with Crippen LogP contribution in [0.4, 0.5) is 0 Å². The summed E-state index contributed by atoms with van der Waals surface area (Å²) in [6, 6.07) is 3.02. The van der Waals surface area contributed by atoms with Gasteiger partial charge < -0.3 is 14.0 Å². The van der Waals surface area contributed by atoms with Gasteiger partial charge in [0.05, 0.1) is 12.8 Å². The van der Waals surface area contributed by atoms with Crippen molar-refractivity contribution in [3.05, 3.63) is 24.3 Å². The molecule has 0 amide bonds. The number of rotatable bonds is 4. The summed E-state index contributed by atoms with van der Waals surface area (Å²) in [6.07, 6.45) is 3.07. The van der Waals surface area contributed by atoms with E-state index in [2.05, 4.69) is 10.1 Å². The second-order valence-electron chi connectivity index (χ2n) is 4.46. The van der Waals surface area contributed by atoms with Gasteiger partial charge in [0.1, 0.15) is 6.04 Å². The molecule has 1 aliphatic rings. The molecular formula is C12H13N3O4. The summed E-state index contributed by atoms with van der Waals surface area (Å²) >= 11 is 0. The monoisotopic (exact) mass is 263 g/mol. The topological polar surface area (TPSA) is 92.6 Å². The van der Waals surface area contributed by atoms with Gasteiger partial charge in [0.15, 0.2) is 5.76 Å². The van der Waals surface area contributed by atoms with E-state index in [4.69, 9.17) is 14.0 Å². The molecule has 1 N–H and O–H groups in total. The van der Waals surface area contributed by atoms with E-state index in [1.54, 1.807) is 12.1 Å². The third-order valence-electron chi connectivity index (χ3n) is 3.20. The average molecular weight is 263 g/mol. The molecule has 3 rings (SSSR count). The summed E-state index contributed by atoms with van der Waals surface area (Å²) in [5, 5.41) is 12.9. The first kappa shape index (κ1) is 11.9. The molecule has 1 aliphatic heterocycles. The Balaban J connectivity index is 1.72. The van der Waals surface area contributed by atoms with Crippen LogP contribution in [0.25, 0.3) is 11.6 Å². The van der Waals surface area contributed by atoms with Gasteiger partial charge in [-0.3, -0.25) is 9.69 Å².